The van der Waals surface area contributed by atoms with Crippen LogP contribution in [-0.4, -0.2) is 40.4 Å². The molecule has 0 saturated carbocycles. The van der Waals surface area contributed by atoms with E-state index in [9.17, 15) is 4.79 Å². The van der Waals surface area contributed by atoms with Crippen LogP contribution in [0, 0.1) is 6.92 Å². The molecular weight excluding hydrogens is 250 g/mol. The average molecular weight is 269 g/mol. The van der Waals surface area contributed by atoms with Crippen molar-refractivity contribution in [1.82, 2.24) is 15.3 Å². The number of aryl methyl sites for hydroxylation is 1. The Morgan fingerprint density at radius 3 is 2.61 bits per heavy atom. The third-order valence-corrected chi connectivity index (χ3v) is 3.09. The highest BCUT2D eigenvalue weighted by Gasteiger charge is 2.18. The largest absolute Gasteiger partial charge is 0.395 e. The van der Waals surface area contributed by atoms with Crippen LogP contribution >= 0.6 is 11.8 Å². The van der Waals surface area contributed by atoms with E-state index in [4.69, 9.17) is 5.11 Å². The minimum absolute atomic E-state index is 0.0790. The van der Waals surface area contributed by atoms with Crippen LogP contribution in [0.5, 0.6) is 0 Å². The molecule has 0 bridgehead atoms. The summed E-state index contributed by atoms with van der Waals surface area (Å²) in [5.41, 5.74) is 1.17. The van der Waals surface area contributed by atoms with Gasteiger partial charge in [0, 0.05) is 12.5 Å². The van der Waals surface area contributed by atoms with Gasteiger partial charge in [0.15, 0.2) is 0 Å². The molecule has 0 aromatic carbocycles. The summed E-state index contributed by atoms with van der Waals surface area (Å²) in [6, 6.07) is 0. The van der Waals surface area contributed by atoms with Crippen molar-refractivity contribution in [3.63, 3.8) is 0 Å². The topological polar surface area (TPSA) is 75.1 Å². The number of aliphatic hydroxyl groups is 1. The first-order chi connectivity index (χ1) is 8.51. The van der Waals surface area contributed by atoms with Crippen LogP contribution in [0.2, 0.25) is 0 Å². The van der Waals surface area contributed by atoms with Gasteiger partial charge in [-0.15, -0.1) is 11.8 Å². The van der Waals surface area contributed by atoms with Crippen LogP contribution in [0.15, 0.2) is 5.03 Å². The lowest BCUT2D eigenvalue weighted by atomic mass is 10.1. The number of nitrogens with one attached hydrogen (secondary N) is 1. The van der Waals surface area contributed by atoms with E-state index in [0.717, 1.165) is 5.82 Å². The number of carbonyl (C=O) groups is 1. The van der Waals surface area contributed by atoms with E-state index in [2.05, 4.69) is 15.3 Å². The van der Waals surface area contributed by atoms with Crippen LogP contribution in [0.25, 0.3) is 0 Å². The maximum Gasteiger partial charge on any atom is 0.255 e. The van der Waals surface area contributed by atoms with Gasteiger partial charge in [-0.1, -0.05) is 13.8 Å². The molecule has 5 nitrogen and oxygen atoms in total. The fraction of sp³-hybridized carbons (Fsp3) is 0.583. The first-order valence-electron chi connectivity index (χ1n) is 5.82. The van der Waals surface area contributed by atoms with Crippen LogP contribution in [-0.2, 0) is 0 Å². The number of aliphatic hydroxyl groups excluding tert-OH is 1. The predicted molar refractivity (Wildman–Crippen MR) is 72.1 cm³/mol. The monoisotopic (exact) mass is 269 g/mol. The van der Waals surface area contributed by atoms with Crippen molar-refractivity contribution < 1.29 is 9.90 Å². The molecule has 1 rings (SSSR count). The van der Waals surface area contributed by atoms with E-state index in [-0.39, 0.29) is 25.0 Å². The molecule has 18 heavy (non-hydrogen) atoms. The molecule has 0 fully saturated rings. The lowest BCUT2D eigenvalue weighted by molar-refractivity contribution is 0.0939. The minimum atomic E-state index is -0.235. The van der Waals surface area contributed by atoms with Crippen molar-refractivity contribution in [3.05, 3.63) is 17.1 Å². The number of carbonyl (C=O) groups excluding carboxylic acids is 1. The predicted octanol–water partition coefficient (Wildman–Crippen LogP) is 1.35. The van der Waals surface area contributed by atoms with Gasteiger partial charge in [-0.2, -0.15) is 0 Å². The molecule has 0 unspecified atom stereocenters. The summed E-state index contributed by atoms with van der Waals surface area (Å²) in [6.07, 6.45) is 1.88. The van der Waals surface area contributed by atoms with Gasteiger partial charge in [-0.05, 0) is 13.2 Å². The molecule has 1 aromatic heterocycles. The Hall–Kier alpha value is -1.14. The fourth-order valence-corrected chi connectivity index (χ4v) is 2.12. The van der Waals surface area contributed by atoms with E-state index in [1.165, 1.54) is 11.8 Å². The zero-order valence-corrected chi connectivity index (χ0v) is 12.0. The Balaban J connectivity index is 3.14. The Bertz CT molecular complexity index is 436. The Kier molecular flexibility index (Phi) is 5.55. The van der Waals surface area contributed by atoms with Gasteiger partial charge in [-0.25, -0.2) is 9.97 Å². The van der Waals surface area contributed by atoms with Crippen LogP contribution in [0.4, 0.5) is 0 Å². The zero-order valence-electron chi connectivity index (χ0n) is 11.1. The Morgan fingerprint density at radius 1 is 1.44 bits per heavy atom. The SMILES string of the molecule is CSc1nc(C(C)C)nc(C)c1C(=O)NCCO. The molecule has 0 saturated heterocycles. The highest BCUT2D eigenvalue weighted by Crippen LogP contribution is 2.22. The third-order valence-electron chi connectivity index (χ3n) is 2.41. The van der Waals surface area contributed by atoms with Crippen molar-refractivity contribution >= 4 is 17.7 Å². The number of rotatable bonds is 5. The first kappa shape index (κ1) is 14.9. The quantitative estimate of drug-likeness (QED) is 0.623. The van der Waals surface area contributed by atoms with Gasteiger partial charge >= 0.3 is 0 Å². The lowest BCUT2D eigenvalue weighted by Crippen LogP contribution is -2.28. The number of hydrogen-bond donors (Lipinski definition) is 2. The average Bonchev–Trinajstić information content (AvgIpc) is 2.34. The van der Waals surface area contributed by atoms with Gasteiger partial charge in [0.05, 0.1) is 17.9 Å². The van der Waals surface area contributed by atoms with E-state index >= 15 is 0 Å². The number of hydrogen-bond acceptors (Lipinski definition) is 5. The minimum Gasteiger partial charge on any atom is -0.395 e. The highest BCUT2D eigenvalue weighted by atomic mass is 32.2. The van der Waals surface area contributed by atoms with Crippen LogP contribution in [0.3, 0.4) is 0 Å². The fourth-order valence-electron chi connectivity index (χ4n) is 1.49. The second-order valence-electron chi connectivity index (χ2n) is 4.19. The third kappa shape index (κ3) is 3.43. The van der Waals surface area contributed by atoms with Crippen LogP contribution in [0.1, 0.15) is 41.6 Å². The maximum absolute atomic E-state index is 12.0. The molecule has 1 aromatic rings. The normalized spacial score (nSPS) is 10.8. The first-order valence-corrected chi connectivity index (χ1v) is 7.05. The van der Waals surface area contributed by atoms with Gasteiger partial charge in [-0.3, -0.25) is 4.79 Å². The second-order valence-corrected chi connectivity index (χ2v) is 4.98. The molecule has 0 aliphatic carbocycles. The molecule has 2 N–H and O–H groups in total. The summed E-state index contributed by atoms with van der Waals surface area (Å²) in [4.78, 5) is 20.7. The summed E-state index contributed by atoms with van der Waals surface area (Å²) in [5.74, 6) is 0.737. The van der Waals surface area contributed by atoms with E-state index in [0.29, 0.717) is 16.3 Å². The smallest absolute Gasteiger partial charge is 0.255 e. The molecule has 6 heteroatoms. The molecule has 100 valence electrons. The van der Waals surface area contributed by atoms with Gasteiger partial charge < -0.3 is 10.4 Å². The summed E-state index contributed by atoms with van der Waals surface area (Å²) in [5, 5.41) is 12.0. The van der Waals surface area contributed by atoms with E-state index in [1.807, 2.05) is 20.1 Å². The Morgan fingerprint density at radius 2 is 2.11 bits per heavy atom. The van der Waals surface area contributed by atoms with Gasteiger partial charge in [0.25, 0.3) is 5.91 Å². The molecule has 0 atom stereocenters. The van der Waals surface area contributed by atoms with E-state index in [1.54, 1.807) is 6.92 Å². The van der Waals surface area contributed by atoms with Gasteiger partial charge in [0.1, 0.15) is 10.9 Å². The molecule has 1 amide bonds. The molecule has 1 heterocycles. The van der Waals surface area contributed by atoms with E-state index < -0.39 is 0 Å². The highest BCUT2D eigenvalue weighted by molar-refractivity contribution is 7.98. The summed E-state index contributed by atoms with van der Waals surface area (Å²) in [6.45, 7) is 6.00. The number of aromatic nitrogens is 2. The summed E-state index contributed by atoms with van der Waals surface area (Å²) < 4.78 is 0. The number of nitrogens with zero attached hydrogens (tertiary/aromatic N) is 2. The molecule has 0 aliphatic rings. The van der Waals surface area contributed by atoms with Crippen molar-refractivity contribution in [2.24, 2.45) is 0 Å². The van der Waals surface area contributed by atoms with Gasteiger partial charge in [0.2, 0.25) is 0 Å². The zero-order chi connectivity index (χ0) is 13.7. The van der Waals surface area contributed by atoms with Crippen LogP contribution < -0.4 is 5.32 Å². The second kappa shape index (κ2) is 6.70. The van der Waals surface area contributed by atoms with Crippen molar-refractivity contribution in [2.45, 2.75) is 31.7 Å². The van der Waals surface area contributed by atoms with Crippen molar-refractivity contribution in [2.75, 3.05) is 19.4 Å². The summed E-state index contributed by atoms with van der Waals surface area (Å²) in [7, 11) is 0. The molecule has 0 spiro atoms. The molecular formula is C12H19N3O2S. The molecule has 0 aliphatic heterocycles. The standard InChI is InChI=1S/C12H19N3O2S/c1-7(2)10-14-8(3)9(12(15-10)18-4)11(17)13-5-6-16/h7,16H,5-6H2,1-4H3,(H,13,17). The Labute approximate surface area is 111 Å². The maximum atomic E-state index is 12.0. The summed E-state index contributed by atoms with van der Waals surface area (Å²) >= 11 is 1.43. The lowest BCUT2D eigenvalue weighted by Gasteiger charge is -2.13. The van der Waals surface area contributed by atoms with Crippen molar-refractivity contribution in [3.8, 4) is 0 Å². The number of amides is 1. The molecule has 0 radical (unpaired) electrons. The van der Waals surface area contributed by atoms with Crippen molar-refractivity contribution in [1.29, 1.82) is 0 Å². The number of thioether (sulfide) groups is 1.